The number of carbonyl (C=O) groups excluding carboxylic acids is 2. The second-order valence-corrected chi connectivity index (χ2v) is 6.39. The standard InChI is InChI=1S/C19H23NO5S/c1-4-23-15-9-8-14(11-16(15)24-5-2)19(22)25-12-18(21)20-13(3)17-7-6-10-26-17/h6-11,13H,4-5,12H2,1-3H3,(H,20,21)/t13-/m1/s1. The van der Waals surface area contributed by atoms with Gasteiger partial charge in [0.05, 0.1) is 24.8 Å². The number of amides is 1. The van der Waals surface area contributed by atoms with Crippen molar-refractivity contribution < 1.29 is 23.8 Å². The number of nitrogens with one attached hydrogen (secondary N) is 1. The van der Waals surface area contributed by atoms with E-state index in [1.54, 1.807) is 29.5 Å². The largest absolute Gasteiger partial charge is 0.490 e. The lowest BCUT2D eigenvalue weighted by Crippen LogP contribution is -2.30. The van der Waals surface area contributed by atoms with Gasteiger partial charge in [-0.25, -0.2) is 4.79 Å². The summed E-state index contributed by atoms with van der Waals surface area (Å²) in [6, 6.07) is 8.53. The maximum atomic E-state index is 12.2. The Balaban J connectivity index is 1.92. The fraction of sp³-hybridized carbons (Fsp3) is 0.368. The third-order valence-electron chi connectivity index (χ3n) is 3.46. The van der Waals surface area contributed by atoms with Crippen molar-refractivity contribution in [3.8, 4) is 11.5 Å². The first-order valence-corrected chi connectivity index (χ1v) is 9.32. The molecule has 2 rings (SSSR count). The average Bonchev–Trinajstić information content (AvgIpc) is 3.16. The lowest BCUT2D eigenvalue weighted by atomic mass is 10.2. The van der Waals surface area contributed by atoms with Gasteiger partial charge in [-0.15, -0.1) is 11.3 Å². The normalized spacial score (nSPS) is 11.5. The highest BCUT2D eigenvalue weighted by Crippen LogP contribution is 2.28. The van der Waals surface area contributed by atoms with Crippen molar-refractivity contribution in [1.29, 1.82) is 0 Å². The van der Waals surface area contributed by atoms with Gasteiger partial charge in [0, 0.05) is 4.88 Å². The second kappa shape index (κ2) is 9.82. The van der Waals surface area contributed by atoms with Crippen LogP contribution in [0, 0.1) is 0 Å². The SMILES string of the molecule is CCOc1ccc(C(=O)OCC(=O)N[C@H](C)c2cccs2)cc1OCC. The topological polar surface area (TPSA) is 73.9 Å². The predicted molar refractivity (Wildman–Crippen MR) is 99.9 cm³/mol. The van der Waals surface area contributed by atoms with Crippen LogP contribution in [0.1, 0.15) is 42.0 Å². The molecule has 1 N–H and O–H groups in total. The summed E-state index contributed by atoms with van der Waals surface area (Å²) in [5.74, 6) is 0.0936. The van der Waals surface area contributed by atoms with Crippen molar-refractivity contribution in [2.45, 2.75) is 26.8 Å². The van der Waals surface area contributed by atoms with Crippen molar-refractivity contribution in [3.63, 3.8) is 0 Å². The van der Waals surface area contributed by atoms with Crippen molar-refractivity contribution in [3.05, 3.63) is 46.2 Å². The van der Waals surface area contributed by atoms with Gasteiger partial charge in [0.2, 0.25) is 0 Å². The Morgan fingerprint density at radius 3 is 2.50 bits per heavy atom. The van der Waals surface area contributed by atoms with Crippen LogP contribution in [0.25, 0.3) is 0 Å². The molecule has 1 aromatic heterocycles. The highest BCUT2D eigenvalue weighted by molar-refractivity contribution is 7.10. The van der Waals surface area contributed by atoms with Gasteiger partial charge in [0.1, 0.15) is 0 Å². The summed E-state index contributed by atoms with van der Waals surface area (Å²) < 4.78 is 16.0. The lowest BCUT2D eigenvalue weighted by molar-refractivity contribution is -0.124. The molecule has 7 heteroatoms. The van der Waals surface area contributed by atoms with Crippen LogP contribution in [0.3, 0.4) is 0 Å². The van der Waals surface area contributed by atoms with E-state index >= 15 is 0 Å². The number of hydrogen-bond acceptors (Lipinski definition) is 6. The van der Waals surface area contributed by atoms with Crippen molar-refractivity contribution >= 4 is 23.2 Å². The minimum absolute atomic E-state index is 0.128. The molecule has 0 spiro atoms. The maximum absolute atomic E-state index is 12.2. The van der Waals surface area contributed by atoms with Crippen molar-refractivity contribution in [2.75, 3.05) is 19.8 Å². The number of rotatable bonds is 9. The number of hydrogen-bond donors (Lipinski definition) is 1. The Labute approximate surface area is 157 Å². The number of thiophene rings is 1. The molecule has 26 heavy (non-hydrogen) atoms. The van der Waals surface area contributed by atoms with E-state index < -0.39 is 5.97 Å². The Bertz CT molecular complexity index is 730. The van der Waals surface area contributed by atoms with Gasteiger partial charge in [0.25, 0.3) is 5.91 Å². The van der Waals surface area contributed by atoms with Crippen molar-refractivity contribution in [1.82, 2.24) is 5.32 Å². The zero-order valence-corrected chi connectivity index (χ0v) is 15.9. The summed E-state index contributed by atoms with van der Waals surface area (Å²) in [5.41, 5.74) is 0.302. The van der Waals surface area contributed by atoms with E-state index in [2.05, 4.69) is 5.32 Å². The summed E-state index contributed by atoms with van der Waals surface area (Å²) in [7, 11) is 0. The van der Waals surface area contributed by atoms with Gasteiger partial charge in [-0.3, -0.25) is 4.79 Å². The van der Waals surface area contributed by atoms with Gasteiger partial charge in [0.15, 0.2) is 18.1 Å². The molecule has 0 radical (unpaired) electrons. The lowest BCUT2D eigenvalue weighted by Gasteiger charge is -2.13. The Kier molecular flexibility index (Phi) is 7.47. The van der Waals surface area contributed by atoms with Crippen LogP contribution >= 0.6 is 11.3 Å². The van der Waals surface area contributed by atoms with Gasteiger partial charge < -0.3 is 19.5 Å². The summed E-state index contributed by atoms with van der Waals surface area (Å²) in [6.45, 7) is 6.19. The van der Waals surface area contributed by atoms with Gasteiger partial charge >= 0.3 is 5.97 Å². The molecule has 0 unspecified atom stereocenters. The molecular weight excluding hydrogens is 354 g/mol. The van der Waals surface area contributed by atoms with Crippen LogP contribution in [-0.2, 0) is 9.53 Å². The molecule has 0 bridgehead atoms. The number of ether oxygens (including phenoxy) is 3. The van der Waals surface area contributed by atoms with E-state index in [-0.39, 0.29) is 18.6 Å². The summed E-state index contributed by atoms with van der Waals surface area (Å²) in [4.78, 5) is 25.2. The van der Waals surface area contributed by atoms with Crippen LogP contribution < -0.4 is 14.8 Å². The van der Waals surface area contributed by atoms with Crippen LogP contribution in [0.15, 0.2) is 35.7 Å². The maximum Gasteiger partial charge on any atom is 0.338 e. The van der Waals surface area contributed by atoms with Gasteiger partial charge in [-0.2, -0.15) is 0 Å². The second-order valence-electron chi connectivity index (χ2n) is 5.41. The Morgan fingerprint density at radius 2 is 1.85 bits per heavy atom. The molecule has 1 amide bonds. The quantitative estimate of drug-likeness (QED) is 0.676. The van der Waals surface area contributed by atoms with Gasteiger partial charge in [-0.1, -0.05) is 6.07 Å². The monoisotopic (exact) mass is 377 g/mol. The highest BCUT2D eigenvalue weighted by Gasteiger charge is 2.16. The zero-order chi connectivity index (χ0) is 18.9. The molecule has 6 nitrogen and oxygen atoms in total. The van der Waals surface area contributed by atoms with Crippen LogP contribution in [-0.4, -0.2) is 31.7 Å². The fourth-order valence-electron chi connectivity index (χ4n) is 2.28. The molecule has 2 aromatic rings. The van der Waals surface area contributed by atoms with Crippen LogP contribution in [0.2, 0.25) is 0 Å². The molecule has 1 atom stereocenters. The van der Waals surface area contributed by atoms with E-state index in [4.69, 9.17) is 14.2 Å². The zero-order valence-electron chi connectivity index (χ0n) is 15.1. The minimum atomic E-state index is -0.590. The Morgan fingerprint density at radius 1 is 1.12 bits per heavy atom. The van der Waals surface area contributed by atoms with E-state index in [0.29, 0.717) is 30.3 Å². The summed E-state index contributed by atoms with van der Waals surface area (Å²) in [5, 5.41) is 4.74. The summed E-state index contributed by atoms with van der Waals surface area (Å²) in [6.07, 6.45) is 0. The first kappa shape index (κ1) is 19.8. The third-order valence-corrected chi connectivity index (χ3v) is 4.52. The van der Waals surface area contributed by atoms with Gasteiger partial charge in [-0.05, 0) is 50.4 Å². The van der Waals surface area contributed by atoms with Crippen LogP contribution in [0.4, 0.5) is 0 Å². The molecule has 0 aliphatic rings. The fourth-order valence-corrected chi connectivity index (χ4v) is 3.02. The molecule has 1 heterocycles. The number of benzene rings is 1. The number of carbonyl (C=O) groups is 2. The Hall–Kier alpha value is -2.54. The number of esters is 1. The van der Waals surface area contributed by atoms with E-state index in [1.807, 2.05) is 38.3 Å². The first-order chi connectivity index (χ1) is 12.5. The molecule has 1 aromatic carbocycles. The van der Waals surface area contributed by atoms with E-state index in [9.17, 15) is 9.59 Å². The summed E-state index contributed by atoms with van der Waals surface area (Å²) >= 11 is 1.56. The smallest absolute Gasteiger partial charge is 0.338 e. The van der Waals surface area contributed by atoms with Crippen LogP contribution in [0.5, 0.6) is 11.5 Å². The molecule has 0 saturated heterocycles. The molecule has 0 saturated carbocycles. The van der Waals surface area contributed by atoms with E-state index in [1.165, 1.54) is 0 Å². The minimum Gasteiger partial charge on any atom is -0.490 e. The molecular formula is C19H23NO5S. The highest BCUT2D eigenvalue weighted by atomic mass is 32.1. The van der Waals surface area contributed by atoms with Crippen molar-refractivity contribution in [2.24, 2.45) is 0 Å². The first-order valence-electron chi connectivity index (χ1n) is 8.44. The van der Waals surface area contributed by atoms with E-state index in [0.717, 1.165) is 4.88 Å². The average molecular weight is 377 g/mol. The molecule has 0 fully saturated rings. The molecule has 0 aliphatic carbocycles. The molecule has 140 valence electrons. The third kappa shape index (κ3) is 5.49. The molecule has 0 aliphatic heterocycles. The predicted octanol–water partition coefficient (Wildman–Crippen LogP) is 3.58.